The van der Waals surface area contributed by atoms with Gasteiger partial charge in [-0.15, -0.1) is 0 Å². The Morgan fingerprint density at radius 1 is 1.04 bits per heavy atom. The maximum atomic E-state index is 13.0. The molecule has 1 aliphatic heterocycles. The van der Waals surface area contributed by atoms with Crippen molar-refractivity contribution >= 4 is 11.8 Å². The number of hydrogen-bond donors (Lipinski definition) is 1. The summed E-state index contributed by atoms with van der Waals surface area (Å²) in [5.41, 5.74) is 1.50. The fraction of sp³-hybridized carbons (Fsp3) is 0.350. The van der Waals surface area contributed by atoms with Crippen molar-refractivity contribution in [2.45, 2.75) is 31.7 Å². The highest BCUT2D eigenvalue weighted by atomic mass is 16.2. The third kappa shape index (κ3) is 4.66. The molecule has 3 rings (SSSR count). The highest BCUT2D eigenvalue weighted by Crippen LogP contribution is 2.13. The average Bonchev–Trinajstić information content (AvgIpc) is 2.69. The molecular formula is C20H23N3O2. The van der Waals surface area contributed by atoms with Crippen LogP contribution >= 0.6 is 0 Å². The number of nitrogens with zero attached hydrogens (tertiary/aromatic N) is 2. The van der Waals surface area contributed by atoms with E-state index in [2.05, 4.69) is 10.3 Å². The van der Waals surface area contributed by atoms with Crippen LogP contribution in [0.1, 0.15) is 35.2 Å². The molecule has 25 heavy (non-hydrogen) atoms. The number of likely N-dealkylation sites (tertiary alicyclic amines) is 1. The minimum absolute atomic E-state index is 0.000735. The largest absolute Gasteiger partial charge is 0.341 e. The molecule has 5 nitrogen and oxygen atoms in total. The van der Waals surface area contributed by atoms with Gasteiger partial charge in [0.25, 0.3) is 5.91 Å². The van der Waals surface area contributed by atoms with Crippen LogP contribution in [0.25, 0.3) is 0 Å². The normalized spacial score (nSPS) is 15.4. The van der Waals surface area contributed by atoms with Crippen molar-refractivity contribution in [2.75, 3.05) is 13.1 Å². The minimum Gasteiger partial charge on any atom is -0.341 e. The van der Waals surface area contributed by atoms with Crippen LogP contribution in [0, 0.1) is 0 Å². The zero-order chi connectivity index (χ0) is 17.5. The predicted octanol–water partition coefficient (Wildman–Crippen LogP) is 2.44. The van der Waals surface area contributed by atoms with Gasteiger partial charge in [0.05, 0.1) is 5.56 Å². The highest BCUT2D eigenvalue weighted by molar-refractivity contribution is 5.97. The molecule has 1 aliphatic rings. The van der Waals surface area contributed by atoms with Gasteiger partial charge in [-0.25, -0.2) is 0 Å². The molecule has 0 saturated carbocycles. The second-order valence-corrected chi connectivity index (χ2v) is 6.34. The summed E-state index contributed by atoms with van der Waals surface area (Å²) in [6.45, 7) is 1.54. The van der Waals surface area contributed by atoms with Crippen molar-refractivity contribution in [3.8, 4) is 0 Å². The van der Waals surface area contributed by atoms with Crippen LogP contribution in [0.15, 0.2) is 54.9 Å². The van der Waals surface area contributed by atoms with E-state index >= 15 is 0 Å². The molecule has 130 valence electrons. The van der Waals surface area contributed by atoms with Gasteiger partial charge < -0.3 is 10.2 Å². The summed E-state index contributed by atoms with van der Waals surface area (Å²) in [7, 11) is 0. The standard InChI is InChI=1S/C20H23N3O2/c24-19(17-10-7-11-21-15-17)22-18(14-16-8-3-1-4-9-16)20(25)23-12-5-2-6-13-23/h1,3-4,7-11,15,18H,2,5-6,12-14H2,(H,22,24)/t18-/m0/s1. The predicted molar refractivity (Wildman–Crippen MR) is 96.1 cm³/mol. The van der Waals surface area contributed by atoms with Crippen molar-refractivity contribution in [3.05, 3.63) is 66.0 Å². The molecule has 0 radical (unpaired) electrons. The molecule has 1 atom stereocenters. The van der Waals surface area contributed by atoms with Gasteiger partial charge in [0.15, 0.2) is 0 Å². The fourth-order valence-corrected chi connectivity index (χ4v) is 3.12. The van der Waals surface area contributed by atoms with Crippen molar-refractivity contribution < 1.29 is 9.59 Å². The zero-order valence-corrected chi connectivity index (χ0v) is 14.2. The minimum atomic E-state index is -0.562. The molecule has 1 N–H and O–H groups in total. The first-order valence-electron chi connectivity index (χ1n) is 8.77. The summed E-state index contributed by atoms with van der Waals surface area (Å²) in [5.74, 6) is -0.264. The molecule has 1 aromatic carbocycles. The summed E-state index contributed by atoms with van der Waals surface area (Å²) in [4.78, 5) is 31.3. The highest BCUT2D eigenvalue weighted by Gasteiger charge is 2.27. The number of piperidine rings is 1. The first-order chi connectivity index (χ1) is 12.2. The van der Waals surface area contributed by atoms with E-state index in [9.17, 15) is 9.59 Å². The first-order valence-corrected chi connectivity index (χ1v) is 8.77. The van der Waals surface area contributed by atoms with Crippen LogP contribution in [0.3, 0.4) is 0 Å². The number of carbonyl (C=O) groups excluding carboxylic acids is 2. The quantitative estimate of drug-likeness (QED) is 0.911. The Hall–Kier alpha value is -2.69. The van der Waals surface area contributed by atoms with E-state index in [0.717, 1.165) is 37.9 Å². The second kappa shape index (κ2) is 8.42. The number of amides is 2. The summed E-state index contributed by atoms with van der Waals surface area (Å²) < 4.78 is 0. The topological polar surface area (TPSA) is 62.3 Å². The van der Waals surface area contributed by atoms with Crippen LogP contribution in [0.4, 0.5) is 0 Å². The summed E-state index contributed by atoms with van der Waals surface area (Å²) in [6.07, 6.45) is 6.84. The Kier molecular flexibility index (Phi) is 5.77. The molecule has 1 aromatic heterocycles. The number of carbonyl (C=O) groups is 2. The molecule has 0 unspecified atom stereocenters. The van der Waals surface area contributed by atoms with E-state index in [0.29, 0.717) is 12.0 Å². The van der Waals surface area contributed by atoms with E-state index in [1.165, 1.54) is 6.20 Å². The SMILES string of the molecule is O=C(N[C@@H](Cc1ccccc1)C(=O)N1CCCCC1)c1cccnc1. The molecule has 0 bridgehead atoms. The smallest absolute Gasteiger partial charge is 0.253 e. The van der Waals surface area contributed by atoms with E-state index in [-0.39, 0.29) is 11.8 Å². The fourth-order valence-electron chi connectivity index (χ4n) is 3.12. The third-order valence-corrected chi connectivity index (χ3v) is 4.48. The van der Waals surface area contributed by atoms with E-state index in [1.807, 2.05) is 35.2 Å². The summed E-state index contributed by atoms with van der Waals surface area (Å²) in [6, 6.07) is 12.6. The van der Waals surface area contributed by atoms with E-state index < -0.39 is 6.04 Å². The Labute approximate surface area is 148 Å². The lowest BCUT2D eigenvalue weighted by atomic mass is 10.0. The third-order valence-electron chi connectivity index (χ3n) is 4.48. The molecule has 0 spiro atoms. The van der Waals surface area contributed by atoms with Gasteiger partial charge in [0.2, 0.25) is 5.91 Å². The molecule has 5 heteroatoms. The van der Waals surface area contributed by atoms with Gasteiger partial charge in [0, 0.05) is 31.9 Å². The van der Waals surface area contributed by atoms with Gasteiger partial charge in [-0.1, -0.05) is 30.3 Å². The Bertz CT molecular complexity index is 697. The number of rotatable bonds is 5. The van der Waals surface area contributed by atoms with Crippen molar-refractivity contribution in [1.82, 2.24) is 15.2 Å². The van der Waals surface area contributed by atoms with Crippen LogP contribution in [0.2, 0.25) is 0 Å². The van der Waals surface area contributed by atoms with Crippen LogP contribution in [-0.4, -0.2) is 40.8 Å². The number of hydrogen-bond acceptors (Lipinski definition) is 3. The molecular weight excluding hydrogens is 314 g/mol. The average molecular weight is 337 g/mol. The number of pyridine rings is 1. The Morgan fingerprint density at radius 2 is 1.80 bits per heavy atom. The van der Waals surface area contributed by atoms with Crippen LogP contribution < -0.4 is 5.32 Å². The van der Waals surface area contributed by atoms with Crippen LogP contribution in [0.5, 0.6) is 0 Å². The van der Waals surface area contributed by atoms with E-state index in [4.69, 9.17) is 0 Å². The maximum Gasteiger partial charge on any atom is 0.253 e. The monoisotopic (exact) mass is 337 g/mol. The van der Waals surface area contributed by atoms with Crippen LogP contribution in [-0.2, 0) is 11.2 Å². The van der Waals surface area contributed by atoms with Crippen molar-refractivity contribution in [3.63, 3.8) is 0 Å². The van der Waals surface area contributed by atoms with Gasteiger partial charge in [-0.2, -0.15) is 0 Å². The molecule has 2 amide bonds. The summed E-state index contributed by atoms with van der Waals surface area (Å²) >= 11 is 0. The Morgan fingerprint density at radius 3 is 2.48 bits per heavy atom. The lowest BCUT2D eigenvalue weighted by Crippen LogP contribution is -2.51. The van der Waals surface area contributed by atoms with Gasteiger partial charge in [-0.05, 0) is 37.0 Å². The Balaban J connectivity index is 1.75. The lowest BCUT2D eigenvalue weighted by molar-refractivity contribution is -0.134. The lowest BCUT2D eigenvalue weighted by Gasteiger charge is -2.31. The van der Waals surface area contributed by atoms with Gasteiger partial charge in [0.1, 0.15) is 6.04 Å². The summed E-state index contributed by atoms with van der Waals surface area (Å²) in [5, 5.41) is 2.91. The molecule has 1 fully saturated rings. The van der Waals surface area contributed by atoms with Crippen molar-refractivity contribution in [1.29, 1.82) is 0 Å². The van der Waals surface area contributed by atoms with Gasteiger partial charge in [-0.3, -0.25) is 14.6 Å². The number of benzene rings is 1. The molecule has 0 aliphatic carbocycles. The number of aromatic nitrogens is 1. The molecule has 2 heterocycles. The van der Waals surface area contributed by atoms with Crippen molar-refractivity contribution in [2.24, 2.45) is 0 Å². The van der Waals surface area contributed by atoms with Gasteiger partial charge >= 0.3 is 0 Å². The second-order valence-electron chi connectivity index (χ2n) is 6.34. The maximum absolute atomic E-state index is 13.0. The first kappa shape index (κ1) is 17.1. The molecule has 1 saturated heterocycles. The number of nitrogens with one attached hydrogen (secondary N) is 1. The zero-order valence-electron chi connectivity index (χ0n) is 14.2. The van der Waals surface area contributed by atoms with E-state index in [1.54, 1.807) is 18.3 Å². The molecule has 2 aromatic rings.